The number of carbonyl (C=O) groups is 2. The van der Waals surface area contributed by atoms with Gasteiger partial charge in [-0.25, -0.2) is 23.4 Å². The number of anilines is 1. The Morgan fingerprint density at radius 1 is 1.16 bits per heavy atom. The fourth-order valence-corrected chi connectivity index (χ4v) is 4.67. The minimum Gasteiger partial charge on any atom is -0.383 e. The molecule has 4 aromatic rings. The smallest absolute Gasteiger partial charge is 0.254 e. The Balaban J connectivity index is 1.39. The summed E-state index contributed by atoms with van der Waals surface area (Å²) in [5.74, 6) is -2.80. The van der Waals surface area contributed by atoms with Crippen LogP contribution in [0.1, 0.15) is 34.8 Å². The predicted molar refractivity (Wildman–Crippen MR) is 138 cm³/mol. The van der Waals surface area contributed by atoms with E-state index in [9.17, 15) is 18.4 Å². The number of hydrogen-bond donors (Lipinski definition) is 2. The molecule has 11 heteroatoms. The molecule has 1 aliphatic heterocycles. The van der Waals surface area contributed by atoms with Gasteiger partial charge in [0.15, 0.2) is 17.3 Å². The van der Waals surface area contributed by atoms with Gasteiger partial charge in [0.1, 0.15) is 17.8 Å². The van der Waals surface area contributed by atoms with Crippen LogP contribution in [0.2, 0.25) is 0 Å². The van der Waals surface area contributed by atoms with Crippen LogP contribution in [0.25, 0.3) is 22.3 Å². The van der Waals surface area contributed by atoms with Crippen molar-refractivity contribution < 1.29 is 18.4 Å². The van der Waals surface area contributed by atoms with Crippen molar-refractivity contribution in [3.05, 3.63) is 84.2 Å². The molecule has 1 unspecified atom stereocenters. The minimum absolute atomic E-state index is 0.0871. The van der Waals surface area contributed by atoms with Gasteiger partial charge in [-0.1, -0.05) is 36.9 Å². The normalized spacial score (nSPS) is 15.4. The maximum Gasteiger partial charge on any atom is 0.254 e. The molecule has 2 aromatic heterocycles. The first-order chi connectivity index (χ1) is 18.4. The summed E-state index contributed by atoms with van der Waals surface area (Å²) < 4.78 is 29.2. The zero-order valence-corrected chi connectivity index (χ0v) is 20.4. The zero-order chi connectivity index (χ0) is 26.8. The number of amides is 2. The van der Waals surface area contributed by atoms with Gasteiger partial charge in [0.25, 0.3) is 5.91 Å². The van der Waals surface area contributed by atoms with E-state index in [0.29, 0.717) is 35.6 Å². The number of aromatic nitrogens is 4. The molecule has 2 aromatic carbocycles. The van der Waals surface area contributed by atoms with Crippen molar-refractivity contribution in [2.24, 2.45) is 0 Å². The molecule has 9 nitrogen and oxygen atoms in total. The van der Waals surface area contributed by atoms with Crippen LogP contribution >= 0.6 is 0 Å². The van der Waals surface area contributed by atoms with Gasteiger partial charge in [-0.05, 0) is 36.6 Å². The molecule has 0 aliphatic carbocycles. The summed E-state index contributed by atoms with van der Waals surface area (Å²) in [6.07, 6.45) is 4.35. The lowest BCUT2D eigenvalue weighted by Gasteiger charge is -2.32. The maximum atomic E-state index is 13.9. The third-order valence-corrected chi connectivity index (χ3v) is 6.62. The lowest BCUT2D eigenvalue weighted by molar-refractivity contribution is -0.127. The molecule has 2 amide bonds. The topological polar surface area (TPSA) is 119 Å². The summed E-state index contributed by atoms with van der Waals surface area (Å²) in [6, 6.07) is 10.6. The molecule has 0 spiro atoms. The van der Waals surface area contributed by atoms with E-state index in [2.05, 4.69) is 21.9 Å². The maximum absolute atomic E-state index is 13.9. The van der Waals surface area contributed by atoms with Crippen molar-refractivity contribution in [1.82, 2.24) is 30.0 Å². The summed E-state index contributed by atoms with van der Waals surface area (Å²) in [5.41, 5.74) is 8.57. The van der Waals surface area contributed by atoms with E-state index < -0.39 is 17.5 Å². The number of piperidine rings is 1. The second-order valence-electron chi connectivity index (χ2n) is 9.02. The molecular formula is C27H25F2N7O2. The lowest BCUT2D eigenvalue weighted by Crippen LogP contribution is -2.40. The molecule has 194 valence electrons. The van der Waals surface area contributed by atoms with Crippen LogP contribution in [0.4, 0.5) is 14.6 Å². The van der Waals surface area contributed by atoms with Crippen molar-refractivity contribution in [1.29, 1.82) is 0 Å². The van der Waals surface area contributed by atoms with E-state index >= 15 is 0 Å². The molecule has 1 saturated heterocycles. The van der Waals surface area contributed by atoms with Crippen LogP contribution in [0.5, 0.6) is 0 Å². The highest BCUT2D eigenvalue weighted by atomic mass is 19.2. The second-order valence-corrected chi connectivity index (χ2v) is 9.02. The van der Waals surface area contributed by atoms with Crippen molar-refractivity contribution in [2.75, 3.05) is 18.8 Å². The molecule has 3 heterocycles. The zero-order valence-electron chi connectivity index (χ0n) is 20.4. The van der Waals surface area contributed by atoms with E-state index in [0.717, 1.165) is 30.0 Å². The number of nitrogens with one attached hydrogen (secondary N) is 1. The molecule has 5 rings (SSSR count). The first-order valence-electron chi connectivity index (χ1n) is 12.1. The first-order valence-corrected chi connectivity index (χ1v) is 12.1. The largest absolute Gasteiger partial charge is 0.383 e. The van der Waals surface area contributed by atoms with Gasteiger partial charge >= 0.3 is 0 Å². The minimum atomic E-state index is -1.18. The van der Waals surface area contributed by atoms with Crippen LogP contribution in [-0.4, -0.2) is 49.6 Å². The number of fused-ring (bicyclic) bond motifs is 1. The number of benzene rings is 2. The van der Waals surface area contributed by atoms with Gasteiger partial charge in [-0.3, -0.25) is 9.59 Å². The average Bonchev–Trinajstić information content (AvgIpc) is 3.34. The fourth-order valence-electron chi connectivity index (χ4n) is 4.67. The molecule has 38 heavy (non-hydrogen) atoms. The Bertz CT molecular complexity index is 1530. The van der Waals surface area contributed by atoms with Gasteiger partial charge in [-0.15, -0.1) is 0 Å². The number of rotatable bonds is 6. The fraction of sp³-hybridized carbons (Fsp3) is 0.222. The monoisotopic (exact) mass is 517 g/mol. The Kier molecular flexibility index (Phi) is 6.82. The van der Waals surface area contributed by atoms with Crippen molar-refractivity contribution in [3.8, 4) is 11.3 Å². The van der Waals surface area contributed by atoms with Crippen molar-refractivity contribution in [2.45, 2.75) is 25.4 Å². The summed E-state index contributed by atoms with van der Waals surface area (Å²) in [6.45, 7) is 4.84. The van der Waals surface area contributed by atoms with Gasteiger partial charge in [-0.2, -0.15) is 5.10 Å². The highest BCUT2D eigenvalue weighted by molar-refractivity contribution is 5.98. The van der Waals surface area contributed by atoms with E-state index in [1.807, 2.05) is 16.8 Å². The van der Waals surface area contributed by atoms with Gasteiger partial charge < -0.3 is 16.0 Å². The number of carbonyl (C=O) groups excluding carboxylic acids is 2. The molecular weight excluding hydrogens is 492 g/mol. The third-order valence-electron chi connectivity index (χ3n) is 6.62. The summed E-state index contributed by atoms with van der Waals surface area (Å²) in [4.78, 5) is 34.8. The Morgan fingerprint density at radius 3 is 2.71 bits per heavy atom. The highest BCUT2D eigenvalue weighted by Crippen LogP contribution is 2.33. The number of likely N-dealkylation sites (tertiary alicyclic amines) is 1. The molecule has 1 aliphatic rings. The van der Waals surface area contributed by atoms with Gasteiger partial charge in [0, 0.05) is 25.2 Å². The molecule has 3 N–H and O–H groups in total. The van der Waals surface area contributed by atoms with Crippen LogP contribution < -0.4 is 11.1 Å². The average molecular weight is 518 g/mol. The van der Waals surface area contributed by atoms with E-state index in [1.165, 1.54) is 24.5 Å². The standard InChI is InChI=1S/C27H25F2N7O2/c1-2-21(37)35-12-4-5-18(14-35)36-26-22(25(30)32-15-33-26)24(34-36)17-10-8-16(9-11-17)13-31-27(38)19-6-3-7-20(28)23(19)29/h2-3,6-11,15,18H,1,4-5,12-14H2,(H,31,38)(H2,30,32,33). The summed E-state index contributed by atoms with van der Waals surface area (Å²) >= 11 is 0. The highest BCUT2D eigenvalue weighted by Gasteiger charge is 2.28. The Hall–Kier alpha value is -4.67. The van der Waals surface area contributed by atoms with Crippen LogP contribution in [0, 0.1) is 11.6 Å². The van der Waals surface area contributed by atoms with Gasteiger partial charge in [0.2, 0.25) is 5.91 Å². The number of nitrogens with zero attached hydrogens (tertiary/aromatic N) is 5. The van der Waals surface area contributed by atoms with Crippen molar-refractivity contribution >= 4 is 28.7 Å². The van der Waals surface area contributed by atoms with Crippen molar-refractivity contribution in [3.63, 3.8) is 0 Å². The Labute approximate surface area is 217 Å². The predicted octanol–water partition coefficient (Wildman–Crippen LogP) is 3.63. The first kappa shape index (κ1) is 25.0. The van der Waals surface area contributed by atoms with Crippen LogP contribution in [0.15, 0.2) is 61.4 Å². The SMILES string of the molecule is C=CC(=O)N1CCCC(n2nc(-c3ccc(CNC(=O)c4cccc(F)c4F)cc3)c3c(N)ncnc32)C1. The molecule has 1 atom stereocenters. The lowest BCUT2D eigenvalue weighted by atomic mass is 10.1. The summed E-state index contributed by atoms with van der Waals surface area (Å²) in [7, 11) is 0. The second kappa shape index (κ2) is 10.4. The quantitative estimate of drug-likeness (QED) is 0.377. The van der Waals surface area contributed by atoms with E-state index in [1.54, 1.807) is 17.0 Å². The Morgan fingerprint density at radius 2 is 1.95 bits per heavy atom. The summed E-state index contributed by atoms with van der Waals surface area (Å²) in [5, 5.41) is 8.06. The van der Waals surface area contributed by atoms with Crippen LogP contribution in [-0.2, 0) is 11.3 Å². The van der Waals surface area contributed by atoms with Crippen LogP contribution in [0.3, 0.4) is 0 Å². The molecule has 0 saturated carbocycles. The van der Waals surface area contributed by atoms with Gasteiger partial charge in [0.05, 0.1) is 17.0 Å². The number of hydrogen-bond acceptors (Lipinski definition) is 6. The molecule has 0 bridgehead atoms. The number of nitrogens with two attached hydrogens (primary N) is 1. The molecule has 0 radical (unpaired) electrons. The third kappa shape index (κ3) is 4.70. The number of halogens is 2. The molecule has 1 fully saturated rings. The van der Waals surface area contributed by atoms with E-state index in [4.69, 9.17) is 10.8 Å². The van der Waals surface area contributed by atoms with E-state index in [-0.39, 0.29) is 24.1 Å². The number of nitrogen functional groups attached to an aromatic ring is 1.